The van der Waals surface area contributed by atoms with Crippen molar-refractivity contribution in [3.8, 4) is 0 Å². The molecule has 0 heterocycles. The van der Waals surface area contributed by atoms with Crippen LogP contribution in [0, 0.1) is 24.5 Å². The first-order chi connectivity index (χ1) is 11.8. The number of aryl methyl sites for hydroxylation is 1. The van der Waals surface area contributed by atoms with Gasteiger partial charge in [0, 0.05) is 5.56 Å². The highest BCUT2D eigenvalue weighted by Crippen LogP contribution is 2.16. The summed E-state index contributed by atoms with van der Waals surface area (Å²) in [6.07, 6.45) is 0. The summed E-state index contributed by atoms with van der Waals surface area (Å²) in [5, 5.41) is 5.10. The third-order valence-electron chi connectivity index (χ3n) is 3.72. The minimum atomic E-state index is -0.863. The van der Waals surface area contributed by atoms with E-state index in [1.165, 1.54) is 36.4 Å². The van der Waals surface area contributed by atoms with Gasteiger partial charge in [0.05, 0.1) is 5.69 Å². The Hall–Kier alpha value is -2.76. The molecule has 0 spiro atoms. The van der Waals surface area contributed by atoms with Gasteiger partial charge in [-0.15, -0.1) is 0 Å². The van der Waals surface area contributed by atoms with Crippen LogP contribution in [0.5, 0.6) is 0 Å². The summed E-state index contributed by atoms with van der Waals surface area (Å²) in [5.41, 5.74) is 1.03. The van der Waals surface area contributed by atoms with Gasteiger partial charge in [0.25, 0.3) is 5.91 Å². The smallest absolute Gasteiger partial charge is 0.251 e. The van der Waals surface area contributed by atoms with Crippen LogP contribution in [-0.2, 0) is 4.79 Å². The van der Waals surface area contributed by atoms with E-state index in [0.717, 1.165) is 5.56 Å². The maximum Gasteiger partial charge on any atom is 0.251 e. The molecule has 2 N–H and O–H groups in total. The maximum atomic E-state index is 13.9. The van der Waals surface area contributed by atoms with Gasteiger partial charge in [0.2, 0.25) is 5.91 Å². The Balaban J connectivity index is 2.12. The van der Waals surface area contributed by atoms with Gasteiger partial charge in [-0.05, 0) is 54.8 Å². The second kappa shape index (κ2) is 7.88. The van der Waals surface area contributed by atoms with Crippen LogP contribution in [0.25, 0.3) is 0 Å². The highest BCUT2D eigenvalue weighted by Gasteiger charge is 2.25. The molecule has 0 bridgehead atoms. The molecular formula is C19H20F2N2O2. The summed E-state index contributed by atoms with van der Waals surface area (Å²) in [6, 6.07) is 8.61. The molecular weight excluding hydrogens is 326 g/mol. The van der Waals surface area contributed by atoms with Crippen molar-refractivity contribution in [2.24, 2.45) is 5.92 Å². The van der Waals surface area contributed by atoms with Crippen LogP contribution in [0.2, 0.25) is 0 Å². The molecule has 0 radical (unpaired) electrons. The zero-order valence-corrected chi connectivity index (χ0v) is 14.3. The van der Waals surface area contributed by atoms with Crippen LogP contribution in [-0.4, -0.2) is 17.9 Å². The van der Waals surface area contributed by atoms with Crippen LogP contribution < -0.4 is 10.6 Å². The first-order valence-electron chi connectivity index (χ1n) is 7.91. The first-order valence-corrected chi connectivity index (χ1v) is 7.91. The van der Waals surface area contributed by atoms with Crippen LogP contribution in [0.15, 0.2) is 42.5 Å². The van der Waals surface area contributed by atoms with Crippen LogP contribution in [0.4, 0.5) is 14.5 Å². The summed E-state index contributed by atoms with van der Waals surface area (Å²) in [4.78, 5) is 24.7. The summed E-state index contributed by atoms with van der Waals surface area (Å²) >= 11 is 0. The summed E-state index contributed by atoms with van der Waals surface area (Å²) < 4.78 is 26.8. The van der Waals surface area contributed by atoms with Crippen molar-refractivity contribution < 1.29 is 18.4 Å². The van der Waals surface area contributed by atoms with E-state index in [4.69, 9.17) is 0 Å². The number of carbonyl (C=O) groups excluding carboxylic acids is 2. The quantitative estimate of drug-likeness (QED) is 0.868. The lowest BCUT2D eigenvalue weighted by Gasteiger charge is -2.22. The summed E-state index contributed by atoms with van der Waals surface area (Å²) in [7, 11) is 0. The number of halogens is 2. The van der Waals surface area contributed by atoms with Gasteiger partial charge in [-0.2, -0.15) is 0 Å². The molecule has 2 rings (SSSR count). The molecule has 1 atom stereocenters. The van der Waals surface area contributed by atoms with Gasteiger partial charge in [-0.1, -0.05) is 19.9 Å². The van der Waals surface area contributed by atoms with Crippen LogP contribution in [0.3, 0.4) is 0 Å². The molecule has 0 aromatic heterocycles. The topological polar surface area (TPSA) is 58.2 Å². The molecule has 0 aliphatic rings. The lowest BCUT2D eigenvalue weighted by Crippen LogP contribution is -2.47. The number of hydrogen-bond acceptors (Lipinski definition) is 2. The highest BCUT2D eigenvalue weighted by molar-refractivity contribution is 6.01. The molecule has 2 amide bonds. The van der Waals surface area contributed by atoms with Gasteiger partial charge in [0.15, 0.2) is 0 Å². The third kappa shape index (κ3) is 4.86. The van der Waals surface area contributed by atoms with E-state index < -0.39 is 29.5 Å². The van der Waals surface area contributed by atoms with E-state index in [2.05, 4.69) is 10.6 Å². The van der Waals surface area contributed by atoms with E-state index in [1.807, 2.05) is 0 Å². The van der Waals surface area contributed by atoms with E-state index in [9.17, 15) is 18.4 Å². The van der Waals surface area contributed by atoms with Crippen LogP contribution >= 0.6 is 0 Å². The fraction of sp³-hybridized carbons (Fsp3) is 0.263. The zero-order chi connectivity index (χ0) is 18.6. The average molecular weight is 346 g/mol. The first kappa shape index (κ1) is 18.6. The number of carbonyl (C=O) groups is 2. The third-order valence-corrected chi connectivity index (χ3v) is 3.72. The van der Waals surface area contributed by atoms with Crippen molar-refractivity contribution in [2.45, 2.75) is 26.8 Å². The fourth-order valence-corrected chi connectivity index (χ4v) is 2.29. The van der Waals surface area contributed by atoms with Gasteiger partial charge < -0.3 is 10.6 Å². The number of benzene rings is 2. The van der Waals surface area contributed by atoms with E-state index in [1.54, 1.807) is 26.8 Å². The number of nitrogens with one attached hydrogen (secondary N) is 2. The SMILES string of the molecule is Cc1ccc(NC(=O)[C@@H](NC(=O)c2ccc(F)cc2)C(C)C)c(F)c1. The van der Waals surface area contributed by atoms with E-state index in [-0.39, 0.29) is 17.2 Å². The summed E-state index contributed by atoms with van der Waals surface area (Å²) in [6.45, 7) is 5.27. The molecule has 2 aromatic rings. The van der Waals surface area contributed by atoms with Crippen molar-refractivity contribution >= 4 is 17.5 Å². The standard InChI is InChI=1S/C19H20F2N2O2/c1-11(2)17(23-18(24)13-5-7-14(20)8-6-13)19(25)22-16-9-4-12(3)10-15(16)21/h4-11,17H,1-3H3,(H,22,25)(H,23,24)/t17-/m0/s1. The minimum absolute atomic E-state index is 0.0530. The molecule has 0 aliphatic heterocycles. The number of rotatable bonds is 5. The van der Waals surface area contributed by atoms with Gasteiger partial charge in [-0.3, -0.25) is 9.59 Å². The monoisotopic (exact) mass is 346 g/mol. The van der Waals surface area contributed by atoms with Gasteiger partial charge in [0.1, 0.15) is 17.7 Å². The normalized spacial score (nSPS) is 11.9. The highest BCUT2D eigenvalue weighted by atomic mass is 19.1. The number of amides is 2. The van der Waals surface area contributed by atoms with Crippen molar-refractivity contribution in [1.29, 1.82) is 0 Å². The predicted octanol–water partition coefficient (Wildman–Crippen LogP) is 3.67. The lowest BCUT2D eigenvalue weighted by atomic mass is 10.0. The second-order valence-corrected chi connectivity index (χ2v) is 6.17. The maximum absolute atomic E-state index is 13.9. The van der Waals surface area contributed by atoms with E-state index >= 15 is 0 Å². The molecule has 132 valence electrons. The molecule has 0 aliphatic carbocycles. The van der Waals surface area contributed by atoms with Gasteiger partial charge in [-0.25, -0.2) is 8.78 Å². The van der Waals surface area contributed by atoms with Crippen LogP contribution in [0.1, 0.15) is 29.8 Å². The van der Waals surface area contributed by atoms with Crippen molar-refractivity contribution in [3.63, 3.8) is 0 Å². The Kier molecular flexibility index (Phi) is 5.85. The van der Waals surface area contributed by atoms with Crippen molar-refractivity contribution in [2.75, 3.05) is 5.32 Å². The second-order valence-electron chi connectivity index (χ2n) is 6.17. The van der Waals surface area contributed by atoms with Gasteiger partial charge >= 0.3 is 0 Å². The molecule has 6 heteroatoms. The van der Waals surface area contributed by atoms with E-state index in [0.29, 0.717) is 0 Å². The molecule has 0 unspecified atom stereocenters. The zero-order valence-electron chi connectivity index (χ0n) is 14.3. The Labute approximate surface area is 145 Å². The molecule has 2 aromatic carbocycles. The number of anilines is 1. The Morgan fingerprint density at radius 1 is 1.00 bits per heavy atom. The Morgan fingerprint density at radius 3 is 2.20 bits per heavy atom. The lowest BCUT2D eigenvalue weighted by molar-refractivity contribution is -0.118. The molecule has 0 fully saturated rings. The Morgan fingerprint density at radius 2 is 1.64 bits per heavy atom. The molecule has 25 heavy (non-hydrogen) atoms. The largest absolute Gasteiger partial charge is 0.340 e. The van der Waals surface area contributed by atoms with Crippen molar-refractivity contribution in [1.82, 2.24) is 5.32 Å². The average Bonchev–Trinajstić information content (AvgIpc) is 2.55. The minimum Gasteiger partial charge on any atom is -0.340 e. The fourth-order valence-electron chi connectivity index (χ4n) is 2.29. The molecule has 0 saturated heterocycles. The Bertz CT molecular complexity index is 773. The molecule has 0 saturated carbocycles. The molecule has 4 nitrogen and oxygen atoms in total. The van der Waals surface area contributed by atoms with Crippen molar-refractivity contribution in [3.05, 3.63) is 65.2 Å². The summed E-state index contributed by atoms with van der Waals surface area (Å²) in [5.74, 6) is -2.24. The predicted molar refractivity (Wildman–Crippen MR) is 92.3 cm³/mol. The number of hydrogen-bond donors (Lipinski definition) is 2.